The van der Waals surface area contributed by atoms with E-state index >= 15 is 0 Å². The van der Waals surface area contributed by atoms with Crippen LogP contribution in [0, 0.1) is 12.1 Å². The number of hydrogen-bond acceptors (Lipinski definition) is 2. The molecule has 0 aliphatic carbocycles. The molecule has 0 aliphatic heterocycles. The van der Waals surface area contributed by atoms with E-state index in [0.717, 1.165) is 28.5 Å². The van der Waals surface area contributed by atoms with Crippen molar-refractivity contribution in [2.24, 2.45) is 0 Å². The van der Waals surface area contributed by atoms with Crippen molar-refractivity contribution < 1.29 is 33.3 Å². The molecule has 35 heavy (non-hydrogen) atoms. The fourth-order valence-corrected chi connectivity index (χ4v) is 3.25. The van der Waals surface area contributed by atoms with Crippen LogP contribution in [0.4, 0.5) is 13.2 Å². The molecule has 0 unspecified atom stereocenters. The van der Waals surface area contributed by atoms with Gasteiger partial charge in [-0.15, -0.1) is 65.7 Å². The van der Waals surface area contributed by atoms with Gasteiger partial charge < -0.3 is 9.97 Å². The van der Waals surface area contributed by atoms with Gasteiger partial charge in [0, 0.05) is 32.5 Å². The van der Waals surface area contributed by atoms with Gasteiger partial charge in [-0.2, -0.15) is 13.2 Å². The summed E-state index contributed by atoms with van der Waals surface area (Å²) in [5, 5.41) is 0. The van der Waals surface area contributed by atoms with Crippen molar-refractivity contribution in [2.75, 3.05) is 0 Å². The van der Waals surface area contributed by atoms with Crippen LogP contribution in [0.15, 0.2) is 116 Å². The van der Waals surface area contributed by atoms with E-state index in [4.69, 9.17) is 0 Å². The minimum Gasteiger partial charge on any atom is -0.305 e. The molecular weight excluding hydrogens is 626 g/mol. The Hall–Kier alpha value is -3.60. The molecule has 5 aromatic rings. The van der Waals surface area contributed by atoms with E-state index in [1.54, 1.807) is 24.5 Å². The molecule has 0 saturated carbocycles. The quantitative estimate of drug-likeness (QED) is 0.188. The number of aromatic nitrogens is 2. The number of rotatable bonds is 3. The number of benzene rings is 3. The van der Waals surface area contributed by atoms with Gasteiger partial charge in [0.2, 0.25) is 0 Å². The second kappa shape index (κ2) is 12.2. The summed E-state index contributed by atoms with van der Waals surface area (Å²) in [6, 6.07) is 36.4. The van der Waals surface area contributed by atoms with Crippen molar-refractivity contribution in [1.82, 2.24) is 9.97 Å². The van der Waals surface area contributed by atoms with Crippen molar-refractivity contribution in [3.05, 3.63) is 133 Å². The maximum atomic E-state index is 12.8. The van der Waals surface area contributed by atoms with Gasteiger partial charge in [0.05, 0.1) is 0 Å². The van der Waals surface area contributed by atoms with Crippen LogP contribution in [0.5, 0.6) is 0 Å². The molecule has 1 radical (unpaired) electrons. The molecule has 177 valence electrons. The van der Waals surface area contributed by atoms with Gasteiger partial charge in [-0.05, 0) is 40.2 Å². The Morgan fingerprint density at radius 2 is 1.31 bits per heavy atom. The molecule has 0 fully saturated rings. The first kappa shape index (κ1) is 26.0. The third-order valence-electron chi connectivity index (χ3n) is 4.89. The summed E-state index contributed by atoms with van der Waals surface area (Å²) in [6.07, 6.45) is -1.03. The first-order valence-corrected chi connectivity index (χ1v) is 10.5. The van der Waals surface area contributed by atoms with Gasteiger partial charge in [0.15, 0.2) is 0 Å². The van der Waals surface area contributed by atoms with Crippen molar-refractivity contribution in [3.63, 3.8) is 0 Å². The SMILES string of the molecule is FC(F)(F)c1[c-]c(-c2cc(-c3ccccc3)ccn2)ccc1.[Ir].[c-]1ccccc1-c1ccccn1. The average Bonchev–Trinajstić information content (AvgIpc) is 2.90. The van der Waals surface area contributed by atoms with Gasteiger partial charge in [-0.3, -0.25) is 0 Å². The van der Waals surface area contributed by atoms with E-state index in [9.17, 15) is 13.2 Å². The summed E-state index contributed by atoms with van der Waals surface area (Å²) >= 11 is 0. The second-order valence-corrected chi connectivity index (χ2v) is 7.26. The Kier molecular flexibility index (Phi) is 9.07. The van der Waals surface area contributed by atoms with E-state index in [0.29, 0.717) is 11.3 Å². The molecule has 0 spiro atoms. The summed E-state index contributed by atoms with van der Waals surface area (Å²) in [6.45, 7) is 0. The molecule has 2 heterocycles. The maximum absolute atomic E-state index is 12.8. The van der Waals surface area contributed by atoms with E-state index in [-0.39, 0.29) is 20.1 Å². The number of halogens is 3. The Morgan fingerprint density at radius 3 is 2.00 bits per heavy atom. The Balaban J connectivity index is 0.000000223. The predicted octanol–water partition coefficient (Wildman–Crippen LogP) is 7.78. The molecule has 0 saturated heterocycles. The topological polar surface area (TPSA) is 25.8 Å². The number of alkyl halides is 3. The fraction of sp³-hybridized carbons (Fsp3) is 0.0345. The summed E-state index contributed by atoms with van der Waals surface area (Å²) in [4.78, 5) is 8.38. The normalized spacial score (nSPS) is 10.5. The zero-order valence-corrected chi connectivity index (χ0v) is 20.7. The van der Waals surface area contributed by atoms with Gasteiger partial charge in [-0.25, -0.2) is 0 Å². The van der Waals surface area contributed by atoms with Crippen LogP contribution in [0.1, 0.15) is 5.56 Å². The Labute approximate surface area is 215 Å². The second-order valence-electron chi connectivity index (χ2n) is 7.26. The van der Waals surface area contributed by atoms with E-state index in [1.807, 2.05) is 78.9 Å². The van der Waals surface area contributed by atoms with E-state index < -0.39 is 11.7 Å². The molecular formula is C29H19F3IrN2-2. The molecule has 6 heteroatoms. The van der Waals surface area contributed by atoms with Gasteiger partial charge in [0.1, 0.15) is 0 Å². The first-order chi connectivity index (χ1) is 16.5. The summed E-state index contributed by atoms with van der Waals surface area (Å²) in [5.74, 6) is 0. The number of hydrogen-bond donors (Lipinski definition) is 0. The minimum atomic E-state index is -4.41. The van der Waals surface area contributed by atoms with Crippen molar-refractivity contribution in [3.8, 4) is 33.6 Å². The van der Waals surface area contributed by atoms with Crippen LogP contribution < -0.4 is 0 Å². The van der Waals surface area contributed by atoms with Crippen molar-refractivity contribution in [1.29, 1.82) is 0 Å². The molecule has 2 nitrogen and oxygen atoms in total. The maximum Gasteiger partial charge on any atom is 0.399 e. The molecule has 0 N–H and O–H groups in total. The van der Waals surface area contributed by atoms with Crippen LogP contribution in [0.25, 0.3) is 33.6 Å². The average molecular weight is 645 g/mol. The van der Waals surface area contributed by atoms with Gasteiger partial charge >= 0.3 is 6.18 Å². The van der Waals surface area contributed by atoms with Crippen LogP contribution in [-0.2, 0) is 26.3 Å². The van der Waals surface area contributed by atoms with E-state index in [1.165, 1.54) is 6.07 Å². The zero-order valence-electron chi connectivity index (χ0n) is 18.3. The van der Waals surface area contributed by atoms with Gasteiger partial charge in [-0.1, -0.05) is 48.5 Å². The number of pyridine rings is 2. The van der Waals surface area contributed by atoms with Crippen molar-refractivity contribution >= 4 is 0 Å². The molecule has 0 atom stereocenters. The predicted molar refractivity (Wildman–Crippen MR) is 127 cm³/mol. The number of nitrogens with zero attached hydrogens (tertiary/aromatic N) is 2. The van der Waals surface area contributed by atoms with Crippen LogP contribution >= 0.6 is 0 Å². The van der Waals surface area contributed by atoms with Crippen LogP contribution in [0.3, 0.4) is 0 Å². The largest absolute Gasteiger partial charge is 0.399 e. The van der Waals surface area contributed by atoms with Crippen molar-refractivity contribution in [2.45, 2.75) is 6.18 Å². The Morgan fingerprint density at radius 1 is 0.600 bits per heavy atom. The molecule has 5 rings (SSSR count). The van der Waals surface area contributed by atoms with Gasteiger partial charge in [0.25, 0.3) is 0 Å². The minimum absolute atomic E-state index is 0. The molecule has 2 aromatic heterocycles. The molecule has 3 aromatic carbocycles. The zero-order chi connectivity index (χ0) is 23.8. The monoisotopic (exact) mass is 645 g/mol. The summed E-state index contributed by atoms with van der Waals surface area (Å²) in [7, 11) is 0. The third kappa shape index (κ3) is 7.19. The fourth-order valence-electron chi connectivity index (χ4n) is 3.25. The smallest absolute Gasteiger partial charge is 0.305 e. The molecule has 0 aliphatic rings. The molecule has 0 bridgehead atoms. The molecule has 0 amide bonds. The van der Waals surface area contributed by atoms with Crippen LogP contribution in [0.2, 0.25) is 0 Å². The first-order valence-electron chi connectivity index (χ1n) is 10.5. The standard InChI is InChI=1S/C18H11F3N.C11H8N.Ir/c19-18(20,21)16-8-4-7-15(11-16)17-12-14(9-10-22-17)13-5-2-1-3-6-13;1-2-6-10(7-3-1)11-8-4-5-9-12-11;/h1-10,12H;1-6,8-9H;/q2*-1;. The summed E-state index contributed by atoms with van der Waals surface area (Å²) < 4.78 is 38.3. The third-order valence-corrected chi connectivity index (χ3v) is 4.89. The van der Waals surface area contributed by atoms with E-state index in [2.05, 4.69) is 22.1 Å². The Bertz CT molecular complexity index is 1290. The van der Waals surface area contributed by atoms with Crippen LogP contribution in [-0.4, -0.2) is 9.97 Å². The summed E-state index contributed by atoms with van der Waals surface area (Å²) in [5.41, 5.74) is 3.89.